The second-order valence-corrected chi connectivity index (χ2v) is 3.82. The van der Waals surface area contributed by atoms with Gasteiger partial charge in [-0.2, -0.15) is 0 Å². The SMILES string of the molecule is CCO[PH](=O)C1CCOC(=O)O1. The van der Waals surface area contributed by atoms with E-state index < -0.39 is 20.0 Å². The molecule has 0 N–H and O–H groups in total. The number of ether oxygens (including phenoxy) is 2. The van der Waals surface area contributed by atoms with Crippen molar-refractivity contribution in [2.45, 2.75) is 19.2 Å². The lowest BCUT2D eigenvalue weighted by atomic mass is 10.5. The first-order chi connectivity index (χ1) is 5.74. The molecule has 0 aromatic rings. The fourth-order valence-corrected chi connectivity index (χ4v) is 1.88. The molecule has 0 saturated carbocycles. The first-order valence-corrected chi connectivity index (χ1v) is 5.13. The predicted molar refractivity (Wildman–Crippen MR) is 41.5 cm³/mol. The van der Waals surface area contributed by atoms with Gasteiger partial charge in [-0.25, -0.2) is 4.79 Å². The van der Waals surface area contributed by atoms with Crippen molar-refractivity contribution >= 4 is 14.2 Å². The second kappa shape index (κ2) is 4.48. The molecule has 0 aliphatic carbocycles. The van der Waals surface area contributed by atoms with Gasteiger partial charge in [0.1, 0.15) is 0 Å². The third kappa shape index (κ3) is 2.50. The molecular formula is C6H11O5P. The quantitative estimate of drug-likeness (QED) is 0.501. The van der Waals surface area contributed by atoms with Gasteiger partial charge in [0.25, 0.3) is 0 Å². The van der Waals surface area contributed by atoms with Crippen molar-refractivity contribution in [1.29, 1.82) is 0 Å². The highest BCUT2D eigenvalue weighted by Crippen LogP contribution is 2.34. The van der Waals surface area contributed by atoms with Crippen LogP contribution in [-0.2, 0) is 18.6 Å². The van der Waals surface area contributed by atoms with Crippen molar-refractivity contribution in [2.75, 3.05) is 13.2 Å². The number of hydrogen-bond acceptors (Lipinski definition) is 5. The third-order valence-corrected chi connectivity index (χ3v) is 2.89. The monoisotopic (exact) mass is 194 g/mol. The highest BCUT2D eigenvalue weighted by molar-refractivity contribution is 7.39. The molecule has 6 heteroatoms. The Balaban J connectivity index is 2.40. The normalized spacial score (nSPS) is 25.8. The molecule has 0 spiro atoms. The van der Waals surface area contributed by atoms with Gasteiger partial charge in [-0.3, -0.25) is 4.57 Å². The molecule has 12 heavy (non-hydrogen) atoms. The van der Waals surface area contributed by atoms with E-state index in [4.69, 9.17) is 4.52 Å². The summed E-state index contributed by atoms with van der Waals surface area (Å²) in [5.74, 6) is -0.601. The Morgan fingerprint density at radius 1 is 1.75 bits per heavy atom. The van der Waals surface area contributed by atoms with Gasteiger partial charge < -0.3 is 14.0 Å². The molecule has 1 saturated heterocycles. The van der Waals surface area contributed by atoms with Crippen LogP contribution in [-0.4, -0.2) is 25.2 Å². The van der Waals surface area contributed by atoms with Crippen LogP contribution in [0.5, 0.6) is 0 Å². The molecule has 1 aliphatic rings. The molecule has 1 rings (SSSR count). The van der Waals surface area contributed by atoms with E-state index in [1.54, 1.807) is 6.92 Å². The van der Waals surface area contributed by atoms with E-state index >= 15 is 0 Å². The summed E-state index contributed by atoms with van der Waals surface area (Å²) in [6.07, 6.45) is -0.312. The van der Waals surface area contributed by atoms with Crippen molar-refractivity contribution in [3.05, 3.63) is 0 Å². The molecule has 2 unspecified atom stereocenters. The minimum atomic E-state index is -2.25. The molecule has 0 amide bonds. The number of cyclic esters (lactones) is 2. The highest BCUT2D eigenvalue weighted by Gasteiger charge is 2.26. The predicted octanol–water partition coefficient (Wildman–Crippen LogP) is 1.38. The lowest BCUT2D eigenvalue weighted by Crippen LogP contribution is -2.25. The zero-order valence-corrected chi connectivity index (χ0v) is 7.74. The summed E-state index contributed by atoms with van der Waals surface area (Å²) in [7, 11) is -2.25. The zero-order chi connectivity index (χ0) is 8.97. The van der Waals surface area contributed by atoms with Gasteiger partial charge >= 0.3 is 6.16 Å². The number of rotatable bonds is 3. The fraction of sp³-hybridized carbons (Fsp3) is 0.833. The maximum absolute atomic E-state index is 11.2. The molecule has 2 atom stereocenters. The summed E-state index contributed by atoms with van der Waals surface area (Å²) >= 11 is 0. The Labute approximate surface area is 70.9 Å². The molecule has 0 aromatic carbocycles. The number of hydrogen-bond donors (Lipinski definition) is 0. The van der Waals surface area contributed by atoms with Crippen molar-refractivity contribution in [2.24, 2.45) is 0 Å². The van der Waals surface area contributed by atoms with Gasteiger partial charge in [-0.1, -0.05) is 0 Å². The first-order valence-electron chi connectivity index (χ1n) is 3.74. The van der Waals surface area contributed by atoms with Crippen LogP contribution < -0.4 is 0 Å². The van der Waals surface area contributed by atoms with Crippen LogP contribution in [0, 0.1) is 0 Å². The summed E-state index contributed by atoms with van der Waals surface area (Å²) in [4.78, 5) is 10.6. The maximum atomic E-state index is 11.2. The molecule has 70 valence electrons. The molecule has 0 radical (unpaired) electrons. The summed E-state index contributed by atoms with van der Waals surface area (Å²) in [6.45, 7) is 2.36. The highest BCUT2D eigenvalue weighted by atomic mass is 31.1. The standard InChI is InChI=1S/C6H11O5P/c1-2-10-12(8)5-3-4-9-6(7)11-5/h5,12H,2-4H2,1H3. The third-order valence-electron chi connectivity index (χ3n) is 1.39. The van der Waals surface area contributed by atoms with E-state index in [1.165, 1.54) is 0 Å². The Morgan fingerprint density at radius 3 is 3.08 bits per heavy atom. The van der Waals surface area contributed by atoms with E-state index in [-0.39, 0.29) is 6.61 Å². The number of carbonyl (C=O) groups is 1. The Morgan fingerprint density at radius 2 is 2.50 bits per heavy atom. The molecule has 1 fully saturated rings. The van der Waals surface area contributed by atoms with Crippen LogP contribution in [0.4, 0.5) is 4.79 Å². The smallest absolute Gasteiger partial charge is 0.434 e. The Bertz CT molecular complexity index is 192. The Kier molecular flexibility index (Phi) is 3.56. The van der Waals surface area contributed by atoms with Gasteiger partial charge in [-0.15, -0.1) is 0 Å². The van der Waals surface area contributed by atoms with E-state index in [2.05, 4.69) is 9.47 Å². The summed E-state index contributed by atoms with van der Waals surface area (Å²) in [5, 5.41) is 0. The molecular weight excluding hydrogens is 183 g/mol. The maximum Gasteiger partial charge on any atom is 0.509 e. The summed E-state index contributed by atoms with van der Waals surface area (Å²) in [5.41, 5.74) is 0. The van der Waals surface area contributed by atoms with Crippen molar-refractivity contribution in [3.63, 3.8) is 0 Å². The van der Waals surface area contributed by atoms with Crippen LogP contribution in [0.2, 0.25) is 0 Å². The first kappa shape index (κ1) is 9.55. The molecule has 0 bridgehead atoms. The van der Waals surface area contributed by atoms with Crippen LogP contribution in [0.25, 0.3) is 0 Å². The van der Waals surface area contributed by atoms with Crippen LogP contribution in [0.15, 0.2) is 0 Å². The molecule has 5 nitrogen and oxygen atoms in total. The van der Waals surface area contributed by atoms with E-state index in [1.807, 2.05) is 0 Å². The van der Waals surface area contributed by atoms with Gasteiger partial charge in [0, 0.05) is 6.42 Å². The largest absolute Gasteiger partial charge is 0.509 e. The molecule has 0 aromatic heterocycles. The van der Waals surface area contributed by atoms with Crippen LogP contribution in [0.3, 0.4) is 0 Å². The zero-order valence-electron chi connectivity index (χ0n) is 6.74. The molecule has 1 aliphatic heterocycles. The van der Waals surface area contributed by atoms with Gasteiger partial charge in [-0.05, 0) is 6.92 Å². The lowest BCUT2D eigenvalue weighted by Gasteiger charge is -2.21. The van der Waals surface area contributed by atoms with E-state index in [9.17, 15) is 9.36 Å². The average Bonchev–Trinajstić information content (AvgIpc) is 2.05. The topological polar surface area (TPSA) is 61.8 Å². The summed E-state index contributed by atoms with van der Waals surface area (Å²) in [6, 6.07) is 0. The van der Waals surface area contributed by atoms with Gasteiger partial charge in [0.05, 0.1) is 13.2 Å². The minimum Gasteiger partial charge on any atom is -0.434 e. The fourth-order valence-electron chi connectivity index (χ4n) is 0.860. The number of carbonyl (C=O) groups excluding carboxylic acids is 1. The van der Waals surface area contributed by atoms with Crippen LogP contribution in [0.1, 0.15) is 13.3 Å². The molecule has 1 heterocycles. The van der Waals surface area contributed by atoms with Crippen molar-refractivity contribution in [1.82, 2.24) is 0 Å². The van der Waals surface area contributed by atoms with Gasteiger partial charge in [0.2, 0.25) is 8.03 Å². The second-order valence-electron chi connectivity index (χ2n) is 2.25. The lowest BCUT2D eigenvalue weighted by molar-refractivity contribution is 0.00152. The van der Waals surface area contributed by atoms with Crippen LogP contribution >= 0.6 is 8.03 Å². The van der Waals surface area contributed by atoms with E-state index in [0.29, 0.717) is 13.0 Å². The van der Waals surface area contributed by atoms with Crippen molar-refractivity contribution < 1.29 is 23.4 Å². The Hall–Kier alpha value is -0.540. The van der Waals surface area contributed by atoms with Gasteiger partial charge in [0.15, 0.2) is 5.85 Å². The average molecular weight is 194 g/mol. The van der Waals surface area contributed by atoms with Crippen molar-refractivity contribution in [3.8, 4) is 0 Å². The van der Waals surface area contributed by atoms with E-state index in [0.717, 1.165) is 0 Å². The minimum absolute atomic E-state index is 0.257. The summed E-state index contributed by atoms with van der Waals surface area (Å²) < 4.78 is 25.2.